The predicted octanol–water partition coefficient (Wildman–Crippen LogP) is 12.9. The minimum absolute atomic E-state index is 0.321. The van der Waals surface area contributed by atoms with Crippen molar-refractivity contribution in [3.05, 3.63) is 106 Å². The summed E-state index contributed by atoms with van der Waals surface area (Å²) in [6.45, 7) is 23.2. The predicted molar refractivity (Wildman–Crippen MR) is 182 cm³/mol. The second-order valence-electron chi connectivity index (χ2n) is 14.0. The molecule has 0 spiro atoms. The Bertz CT molecular complexity index is 1110. The summed E-state index contributed by atoms with van der Waals surface area (Å²) in [7, 11) is 0. The van der Waals surface area contributed by atoms with E-state index >= 15 is 0 Å². The summed E-state index contributed by atoms with van der Waals surface area (Å²) < 4.78 is 0. The Hall–Kier alpha value is -2.34. The van der Waals surface area contributed by atoms with Gasteiger partial charge in [0.2, 0.25) is 0 Å². The second kappa shape index (κ2) is 16.2. The first-order valence-electron chi connectivity index (χ1n) is 15.9. The Morgan fingerprint density at radius 3 is 2.00 bits per heavy atom. The average molecular weight is 541 g/mol. The summed E-state index contributed by atoms with van der Waals surface area (Å²) in [4.78, 5) is 0. The van der Waals surface area contributed by atoms with Crippen molar-refractivity contribution >= 4 is 0 Å². The van der Waals surface area contributed by atoms with Gasteiger partial charge in [0, 0.05) is 0 Å². The molecule has 0 bridgehead atoms. The molecule has 1 atom stereocenters. The van der Waals surface area contributed by atoms with Crippen LogP contribution in [0.4, 0.5) is 0 Å². The zero-order valence-corrected chi connectivity index (χ0v) is 27.8. The third kappa shape index (κ3) is 11.6. The van der Waals surface area contributed by atoms with E-state index in [0.29, 0.717) is 16.7 Å². The molecule has 0 aromatic rings. The molecule has 220 valence electrons. The highest BCUT2D eigenvalue weighted by Crippen LogP contribution is 2.43. The number of hydrogen-bond acceptors (Lipinski definition) is 0. The van der Waals surface area contributed by atoms with Gasteiger partial charge in [-0.15, -0.1) is 0 Å². The van der Waals surface area contributed by atoms with Crippen LogP contribution in [0.5, 0.6) is 0 Å². The minimum Gasteiger partial charge on any atom is -0.0837 e. The largest absolute Gasteiger partial charge is 0.0837 e. The van der Waals surface area contributed by atoms with E-state index in [1.54, 1.807) is 22.3 Å². The van der Waals surface area contributed by atoms with Crippen molar-refractivity contribution in [1.82, 2.24) is 0 Å². The first-order valence-corrected chi connectivity index (χ1v) is 15.9. The maximum Gasteiger partial charge on any atom is -0.0104 e. The maximum atomic E-state index is 2.43. The molecule has 0 N–H and O–H groups in total. The van der Waals surface area contributed by atoms with Gasteiger partial charge < -0.3 is 0 Å². The Morgan fingerprint density at radius 1 is 0.775 bits per heavy atom. The van der Waals surface area contributed by atoms with Crippen LogP contribution in [0.15, 0.2) is 106 Å². The van der Waals surface area contributed by atoms with Crippen molar-refractivity contribution in [2.75, 3.05) is 0 Å². The Labute approximate surface area is 249 Å². The molecule has 40 heavy (non-hydrogen) atoms. The van der Waals surface area contributed by atoms with E-state index in [2.05, 4.69) is 136 Å². The van der Waals surface area contributed by atoms with Gasteiger partial charge in [-0.25, -0.2) is 0 Å². The van der Waals surface area contributed by atoms with E-state index < -0.39 is 0 Å². The van der Waals surface area contributed by atoms with Crippen LogP contribution in [0.25, 0.3) is 0 Å². The lowest BCUT2D eigenvalue weighted by Crippen LogP contribution is -2.20. The van der Waals surface area contributed by atoms with E-state index in [4.69, 9.17) is 0 Å². The van der Waals surface area contributed by atoms with Crippen LogP contribution >= 0.6 is 0 Å². The Kier molecular flexibility index (Phi) is 13.7. The first-order chi connectivity index (χ1) is 18.8. The maximum absolute atomic E-state index is 2.43. The van der Waals surface area contributed by atoms with Gasteiger partial charge in [0.25, 0.3) is 0 Å². The monoisotopic (exact) mass is 540 g/mol. The minimum atomic E-state index is 0.321. The van der Waals surface area contributed by atoms with Crippen molar-refractivity contribution in [2.24, 2.45) is 16.7 Å². The molecular weight excluding hydrogens is 480 g/mol. The highest BCUT2D eigenvalue weighted by atomic mass is 14.3. The van der Waals surface area contributed by atoms with E-state index in [-0.39, 0.29) is 0 Å². The van der Waals surface area contributed by atoms with Crippen molar-refractivity contribution in [2.45, 2.75) is 127 Å². The smallest absolute Gasteiger partial charge is 0.0104 e. The van der Waals surface area contributed by atoms with Gasteiger partial charge in [0.15, 0.2) is 0 Å². The molecule has 0 fully saturated rings. The van der Waals surface area contributed by atoms with Gasteiger partial charge in [0.1, 0.15) is 0 Å². The van der Waals surface area contributed by atoms with Crippen molar-refractivity contribution < 1.29 is 0 Å². The van der Waals surface area contributed by atoms with E-state index in [9.17, 15) is 0 Å². The molecule has 2 rings (SSSR count). The normalized spacial score (nSPS) is 22.1. The SMILES string of the molecule is CC1=C(/C=C/C(C)CC=C\C(C)=C/C=C/C=C(C)/C=C/C=C(\C)CCC2=C(C)CCCC2(C)C)C(C)(C)CCC1. The summed E-state index contributed by atoms with van der Waals surface area (Å²) >= 11 is 0. The zero-order chi connectivity index (χ0) is 29.8. The summed E-state index contributed by atoms with van der Waals surface area (Å²) in [5, 5.41) is 0. The van der Waals surface area contributed by atoms with E-state index in [1.807, 2.05) is 0 Å². The molecule has 0 aliphatic heterocycles. The summed E-state index contributed by atoms with van der Waals surface area (Å²) in [5.41, 5.74) is 11.2. The van der Waals surface area contributed by atoms with Crippen molar-refractivity contribution in [1.29, 1.82) is 0 Å². The molecule has 1 unspecified atom stereocenters. The van der Waals surface area contributed by atoms with Gasteiger partial charge in [0.05, 0.1) is 0 Å². The van der Waals surface area contributed by atoms with Crippen molar-refractivity contribution in [3.8, 4) is 0 Å². The Balaban J connectivity index is 1.79. The number of allylic oxidation sites excluding steroid dienone is 18. The summed E-state index contributed by atoms with van der Waals surface area (Å²) in [6.07, 6.45) is 36.0. The quantitative estimate of drug-likeness (QED) is 0.170. The van der Waals surface area contributed by atoms with Crippen molar-refractivity contribution in [3.63, 3.8) is 0 Å². The van der Waals surface area contributed by atoms with Crippen LogP contribution < -0.4 is 0 Å². The Morgan fingerprint density at radius 2 is 1.38 bits per heavy atom. The topological polar surface area (TPSA) is 0 Å². The molecule has 0 aromatic heterocycles. The molecule has 2 aliphatic carbocycles. The molecule has 0 aromatic carbocycles. The molecule has 0 heterocycles. The van der Waals surface area contributed by atoms with E-state index in [1.165, 1.54) is 61.7 Å². The van der Waals surface area contributed by atoms with Crippen LogP contribution in [-0.4, -0.2) is 0 Å². The van der Waals surface area contributed by atoms with Gasteiger partial charge in [-0.1, -0.05) is 135 Å². The third-order valence-electron chi connectivity index (χ3n) is 9.05. The number of hydrogen-bond donors (Lipinski definition) is 0. The fourth-order valence-electron chi connectivity index (χ4n) is 6.34. The lowest BCUT2D eigenvalue weighted by molar-refractivity contribution is 0.354. The molecule has 2 aliphatic rings. The van der Waals surface area contributed by atoms with Gasteiger partial charge in [-0.2, -0.15) is 0 Å². The number of rotatable bonds is 12. The molecule has 0 saturated carbocycles. The standard InChI is InChI=1S/C40H60/c1-31(19-13-21-33(3)25-27-37-35(5)23-15-29-39(37,7)8)17-11-12-18-32(2)20-14-22-34(4)26-28-38-36(6)24-16-30-40(38,9)10/h11-14,17-21,26,28,34H,15-16,22-25,27,29-30H2,1-10H3/b12-11+,19-13+,20-14?,28-26+,31-17+,32-18-,33-21+. The average Bonchev–Trinajstić information content (AvgIpc) is 2.85. The van der Waals surface area contributed by atoms with Crippen LogP contribution in [0.1, 0.15) is 127 Å². The molecule has 0 radical (unpaired) electrons. The molecule has 0 saturated heterocycles. The molecular formula is C40H60. The first kappa shape index (κ1) is 33.9. The molecule has 0 amide bonds. The van der Waals surface area contributed by atoms with Crippen LogP contribution in [0, 0.1) is 16.7 Å². The lowest BCUT2D eigenvalue weighted by atomic mass is 9.71. The second-order valence-corrected chi connectivity index (χ2v) is 14.0. The molecule has 0 heteroatoms. The summed E-state index contributed by atoms with van der Waals surface area (Å²) in [5.74, 6) is 0.549. The van der Waals surface area contributed by atoms with Gasteiger partial charge in [-0.05, 0) is 115 Å². The third-order valence-corrected chi connectivity index (χ3v) is 9.05. The molecule has 0 nitrogen and oxygen atoms in total. The fraction of sp³-hybridized carbons (Fsp3) is 0.550. The zero-order valence-electron chi connectivity index (χ0n) is 27.8. The lowest BCUT2D eigenvalue weighted by Gasteiger charge is -2.34. The van der Waals surface area contributed by atoms with Gasteiger partial charge >= 0.3 is 0 Å². The van der Waals surface area contributed by atoms with Gasteiger partial charge in [-0.3, -0.25) is 0 Å². The van der Waals surface area contributed by atoms with E-state index in [0.717, 1.165) is 12.8 Å². The van der Waals surface area contributed by atoms with Crippen LogP contribution in [0.3, 0.4) is 0 Å². The highest BCUT2D eigenvalue weighted by Gasteiger charge is 2.28. The summed E-state index contributed by atoms with van der Waals surface area (Å²) in [6, 6.07) is 0. The highest BCUT2D eigenvalue weighted by molar-refractivity contribution is 5.33. The van der Waals surface area contributed by atoms with Crippen LogP contribution in [0.2, 0.25) is 0 Å². The fourth-order valence-corrected chi connectivity index (χ4v) is 6.34. The van der Waals surface area contributed by atoms with Crippen LogP contribution in [-0.2, 0) is 0 Å².